The molecule has 0 spiro atoms. The van der Waals surface area contributed by atoms with E-state index >= 15 is 0 Å². The number of aromatic nitrogens is 1. The summed E-state index contributed by atoms with van der Waals surface area (Å²) in [6, 6.07) is 5.38. The molecule has 9 nitrogen and oxygen atoms in total. The van der Waals surface area contributed by atoms with E-state index in [9.17, 15) is 29.4 Å². The number of amides is 1. The molecule has 216 valence electrons. The van der Waals surface area contributed by atoms with Crippen molar-refractivity contribution >= 4 is 23.4 Å². The molecule has 5 rings (SSSR count). The van der Waals surface area contributed by atoms with Crippen LogP contribution in [0, 0.1) is 28.6 Å². The van der Waals surface area contributed by atoms with Crippen LogP contribution in [0.15, 0.2) is 36.0 Å². The standard InChI is InChI=1S/C31H40N2O7/c1-29-12-10-21(34)15-19(29)6-7-22-23-11-13-31(39,30(23,2)16-24(35)28(22)29)25(36)18-40-27(38)9-8-26(37)33-17-20-5-3-4-14-32-20/h3-5,14-15,22-24,28,35,39H,6-13,16-18H2,1-2H3,(H,33,37)/t22-,23-,24+,28+,29-,30-,31-/m0/s1. The van der Waals surface area contributed by atoms with E-state index in [-0.39, 0.29) is 67.1 Å². The predicted octanol–water partition coefficient (Wildman–Crippen LogP) is 2.82. The number of pyridine rings is 1. The molecule has 0 unspecified atom stereocenters. The van der Waals surface area contributed by atoms with Gasteiger partial charge in [0.2, 0.25) is 11.7 Å². The molecule has 1 aromatic heterocycles. The third-order valence-electron chi connectivity index (χ3n) is 10.6. The van der Waals surface area contributed by atoms with Crippen LogP contribution < -0.4 is 5.32 Å². The number of fused-ring (bicyclic) bond motifs is 5. The molecule has 4 aliphatic carbocycles. The number of hydrogen-bond acceptors (Lipinski definition) is 8. The molecule has 0 saturated heterocycles. The van der Waals surface area contributed by atoms with Crippen molar-refractivity contribution in [2.75, 3.05) is 6.61 Å². The maximum Gasteiger partial charge on any atom is 0.306 e. The quantitative estimate of drug-likeness (QED) is 0.418. The van der Waals surface area contributed by atoms with Crippen molar-refractivity contribution in [2.24, 2.45) is 28.6 Å². The van der Waals surface area contributed by atoms with Crippen molar-refractivity contribution in [2.45, 2.75) is 89.9 Å². The van der Waals surface area contributed by atoms with Gasteiger partial charge in [-0.25, -0.2) is 0 Å². The van der Waals surface area contributed by atoms with Crippen molar-refractivity contribution < 1.29 is 34.1 Å². The van der Waals surface area contributed by atoms with Crippen molar-refractivity contribution in [3.05, 3.63) is 41.7 Å². The summed E-state index contributed by atoms with van der Waals surface area (Å²) < 4.78 is 5.21. The van der Waals surface area contributed by atoms with Crippen LogP contribution in [0.2, 0.25) is 0 Å². The number of aliphatic hydroxyl groups is 2. The highest BCUT2D eigenvalue weighted by atomic mass is 16.5. The lowest BCUT2D eigenvalue weighted by molar-refractivity contribution is -0.184. The Morgan fingerprint density at radius 2 is 1.93 bits per heavy atom. The minimum absolute atomic E-state index is 0.0160. The lowest BCUT2D eigenvalue weighted by Crippen LogP contribution is -2.62. The van der Waals surface area contributed by atoms with Gasteiger partial charge in [0.15, 0.2) is 12.4 Å². The van der Waals surface area contributed by atoms with Gasteiger partial charge in [0, 0.05) is 24.5 Å². The summed E-state index contributed by atoms with van der Waals surface area (Å²) in [5.41, 5.74) is -0.961. The van der Waals surface area contributed by atoms with Crippen LogP contribution in [0.3, 0.4) is 0 Å². The lowest BCUT2D eigenvalue weighted by atomic mass is 9.45. The lowest BCUT2D eigenvalue weighted by Gasteiger charge is -2.60. The Morgan fingerprint density at radius 1 is 1.12 bits per heavy atom. The number of hydrogen-bond donors (Lipinski definition) is 3. The zero-order valence-corrected chi connectivity index (χ0v) is 23.4. The number of ether oxygens (including phenoxy) is 1. The van der Waals surface area contributed by atoms with Gasteiger partial charge in [-0.05, 0) is 79.9 Å². The second-order valence-corrected chi connectivity index (χ2v) is 12.7. The van der Waals surface area contributed by atoms with Gasteiger partial charge in [-0.15, -0.1) is 0 Å². The van der Waals surface area contributed by atoms with E-state index in [0.29, 0.717) is 18.5 Å². The maximum atomic E-state index is 13.4. The van der Waals surface area contributed by atoms with Crippen molar-refractivity contribution in [3.8, 4) is 0 Å². The maximum absolute atomic E-state index is 13.4. The molecule has 0 bridgehead atoms. The number of Topliss-reactive ketones (excluding diaryl/α,β-unsaturated/α-hetero) is 1. The van der Waals surface area contributed by atoms with Gasteiger partial charge < -0.3 is 20.3 Å². The summed E-state index contributed by atoms with van der Waals surface area (Å²) in [4.78, 5) is 54.0. The number of carbonyl (C=O) groups excluding carboxylic acids is 4. The number of carbonyl (C=O) groups is 4. The van der Waals surface area contributed by atoms with Crippen molar-refractivity contribution in [3.63, 3.8) is 0 Å². The highest BCUT2D eigenvalue weighted by Crippen LogP contribution is 2.67. The molecule has 1 amide bonds. The molecule has 1 aromatic rings. The Kier molecular flexibility index (Phi) is 7.74. The molecule has 0 radical (unpaired) electrons. The Hall–Kier alpha value is -2.91. The highest BCUT2D eigenvalue weighted by molar-refractivity contribution is 5.92. The Labute approximate surface area is 234 Å². The number of nitrogens with zero attached hydrogens (tertiary/aromatic N) is 1. The minimum atomic E-state index is -1.70. The first-order valence-corrected chi connectivity index (χ1v) is 14.5. The topological polar surface area (TPSA) is 143 Å². The fourth-order valence-corrected chi connectivity index (χ4v) is 8.48. The van der Waals surface area contributed by atoms with E-state index in [2.05, 4.69) is 17.2 Å². The summed E-state index contributed by atoms with van der Waals surface area (Å²) in [6.07, 6.45) is 6.45. The van der Waals surface area contributed by atoms with Gasteiger partial charge >= 0.3 is 5.97 Å². The number of aliphatic hydroxyl groups excluding tert-OH is 1. The van der Waals surface area contributed by atoms with Crippen LogP contribution in [0.25, 0.3) is 0 Å². The zero-order valence-electron chi connectivity index (χ0n) is 23.4. The molecule has 4 aliphatic rings. The third kappa shape index (κ3) is 4.91. The molecular formula is C31H40N2O7. The van der Waals surface area contributed by atoms with Gasteiger partial charge in [0.1, 0.15) is 5.60 Å². The van der Waals surface area contributed by atoms with Gasteiger partial charge in [0.05, 0.1) is 24.8 Å². The van der Waals surface area contributed by atoms with Crippen LogP contribution in [-0.4, -0.2) is 57.0 Å². The predicted molar refractivity (Wildman–Crippen MR) is 144 cm³/mol. The van der Waals surface area contributed by atoms with Gasteiger partial charge in [-0.2, -0.15) is 0 Å². The highest BCUT2D eigenvalue weighted by Gasteiger charge is 2.68. The summed E-state index contributed by atoms with van der Waals surface area (Å²) in [5, 5.41) is 26.0. The second-order valence-electron chi connectivity index (χ2n) is 12.7. The summed E-state index contributed by atoms with van der Waals surface area (Å²) >= 11 is 0. The monoisotopic (exact) mass is 552 g/mol. The number of nitrogens with one attached hydrogen (secondary N) is 1. The van der Waals surface area contributed by atoms with Crippen molar-refractivity contribution in [1.29, 1.82) is 0 Å². The van der Waals surface area contributed by atoms with Crippen LogP contribution >= 0.6 is 0 Å². The summed E-state index contributed by atoms with van der Waals surface area (Å²) in [5.74, 6) is -1.24. The molecule has 3 N–H and O–H groups in total. The Bertz CT molecular complexity index is 1220. The SMILES string of the molecule is C[C@]12CCC(=O)C=C1CC[C@@H]1[C@@H]2[C@H](O)C[C@@]2(C)[C@H]1CC[C@]2(O)C(=O)COC(=O)CCC(=O)NCc1ccccn1. The van der Waals surface area contributed by atoms with Crippen molar-refractivity contribution in [1.82, 2.24) is 10.3 Å². The Balaban J connectivity index is 1.18. The van der Waals surface area contributed by atoms with E-state index in [4.69, 9.17) is 4.74 Å². The first kappa shape index (κ1) is 28.6. The van der Waals surface area contributed by atoms with Crippen LogP contribution in [-0.2, 0) is 30.5 Å². The fraction of sp³-hybridized carbons (Fsp3) is 0.645. The molecule has 0 aromatic carbocycles. The largest absolute Gasteiger partial charge is 0.458 e. The van der Waals surface area contributed by atoms with Gasteiger partial charge in [-0.3, -0.25) is 24.2 Å². The minimum Gasteiger partial charge on any atom is -0.458 e. The zero-order chi connectivity index (χ0) is 28.7. The number of allylic oxidation sites excluding steroid dienone is 1. The summed E-state index contributed by atoms with van der Waals surface area (Å²) in [6.45, 7) is 3.75. The second kappa shape index (κ2) is 10.8. The third-order valence-corrected chi connectivity index (χ3v) is 10.6. The fourth-order valence-electron chi connectivity index (χ4n) is 8.48. The molecule has 0 aliphatic heterocycles. The number of ketones is 2. The van der Waals surface area contributed by atoms with E-state index in [1.165, 1.54) is 0 Å². The molecule has 9 heteroatoms. The van der Waals surface area contributed by atoms with E-state index in [1.807, 2.05) is 13.0 Å². The molecular weight excluding hydrogens is 512 g/mol. The molecule has 3 fully saturated rings. The van der Waals surface area contributed by atoms with Crippen LogP contribution in [0.1, 0.15) is 77.3 Å². The van der Waals surface area contributed by atoms with Crippen LogP contribution in [0.5, 0.6) is 0 Å². The first-order chi connectivity index (χ1) is 19.0. The van der Waals surface area contributed by atoms with Gasteiger partial charge in [-0.1, -0.05) is 25.5 Å². The number of rotatable bonds is 8. The molecule has 7 atom stereocenters. The smallest absolute Gasteiger partial charge is 0.306 e. The first-order valence-electron chi connectivity index (χ1n) is 14.5. The summed E-state index contributed by atoms with van der Waals surface area (Å²) in [7, 11) is 0. The average Bonchev–Trinajstić information content (AvgIpc) is 3.20. The van der Waals surface area contributed by atoms with Gasteiger partial charge in [0.25, 0.3) is 0 Å². The number of esters is 1. The molecule has 3 saturated carbocycles. The molecule has 40 heavy (non-hydrogen) atoms. The molecule has 1 heterocycles. The van der Waals surface area contributed by atoms with E-state index in [1.54, 1.807) is 24.4 Å². The van der Waals surface area contributed by atoms with E-state index < -0.39 is 35.5 Å². The van der Waals surface area contributed by atoms with Crippen LogP contribution in [0.4, 0.5) is 0 Å². The Morgan fingerprint density at radius 3 is 2.67 bits per heavy atom. The van der Waals surface area contributed by atoms with E-state index in [0.717, 1.165) is 24.8 Å². The normalized spacial score (nSPS) is 36.5. The average molecular weight is 553 g/mol.